The number of carboxylic acids is 1. The summed E-state index contributed by atoms with van der Waals surface area (Å²) in [4.78, 5) is 33.7. The minimum atomic E-state index is -4.08. The van der Waals surface area contributed by atoms with Gasteiger partial charge in [-0.15, -0.1) is 0 Å². The molecule has 1 aliphatic carbocycles. The molecule has 1 aliphatic rings. The van der Waals surface area contributed by atoms with Crippen LogP contribution < -0.4 is 10.6 Å². The van der Waals surface area contributed by atoms with Crippen molar-refractivity contribution in [1.82, 2.24) is 10.6 Å². The lowest BCUT2D eigenvalue weighted by atomic mass is 9.98. The zero-order chi connectivity index (χ0) is 21.0. The van der Waals surface area contributed by atoms with Gasteiger partial charge in [0.2, 0.25) is 5.91 Å². The first-order valence-electron chi connectivity index (χ1n) is 8.76. The summed E-state index contributed by atoms with van der Waals surface area (Å²) in [6.45, 7) is -1.95. The monoisotopic (exact) mass is 404 g/mol. The Kier molecular flexibility index (Phi) is 5.76. The third kappa shape index (κ3) is 4.50. The van der Waals surface area contributed by atoms with Crippen LogP contribution in [0.1, 0.15) is 17.0 Å². The second kappa shape index (κ2) is 8.26. The zero-order valence-corrected chi connectivity index (χ0v) is 15.2. The average molecular weight is 404 g/mol. The Bertz CT molecular complexity index is 902. The van der Waals surface area contributed by atoms with Gasteiger partial charge in [-0.3, -0.25) is 4.79 Å². The quantitative estimate of drug-likeness (QED) is 0.657. The topological polar surface area (TPSA) is 105 Å². The predicted octanol–water partition coefficient (Wildman–Crippen LogP) is 2.36. The van der Waals surface area contributed by atoms with E-state index in [9.17, 15) is 23.2 Å². The smallest absolute Gasteiger partial charge is 0.407 e. The molecule has 0 saturated carbocycles. The molecule has 0 heterocycles. The van der Waals surface area contributed by atoms with Gasteiger partial charge in [-0.05, 0) is 22.3 Å². The van der Waals surface area contributed by atoms with Gasteiger partial charge >= 0.3 is 18.0 Å². The molecule has 3 rings (SSSR count). The second-order valence-corrected chi connectivity index (χ2v) is 6.47. The molecule has 0 unspecified atom stereocenters. The fraction of sp³-hybridized carbons (Fsp3) is 0.250. The number of fused-ring (bicyclic) bond motifs is 3. The first kappa shape index (κ1) is 20.2. The van der Waals surface area contributed by atoms with E-state index in [1.165, 1.54) is 0 Å². The molecule has 7 nitrogen and oxygen atoms in total. The van der Waals surface area contributed by atoms with Crippen molar-refractivity contribution < 1.29 is 33.0 Å². The highest BCUT2D eigenvalue weighted by molar-refractivity contribution is 5.83. The molecule has 0 aromatic heterocycles. The second-order valence-electron chi connectivity index (χ2n) is 6.47. The minimum absolute atomic E-state index is 0.0402. The number of alkyl halides is 2. The lowest BCUT2D eigenvalue weighted by molar-refractivity contribution is -0.164. The van der Waals surface area contributed by atoms with Gasteiger partial charge in [0.05, 0.1) is 13.1 Å². The molecule has 0 radical (unpaired) electrons. The van der Waals surface area contributed by atoms with E-state index in [2.05, 4.69) is 5.32 Å². The first-order valence-corrected chi connectivity index (χ1v) is 8.76. The van der Waals surface area contributed by atoms with Crippen LogP contribution in [0.3, 0.4) is 0 Å². The van der Waals surface area contributed by atoms with E-state index in [1.807, 2.05) is 48.5 Å². The molecular weight excluding hydrogens is 386 g/mol. The fourth-order valence-electron chi connectivity index (χ4n) is 3.15. The number of halogens is 2. The summed E-state index contributed by atoms with van der Waals surface area (Å²) in [5, 5.41) is 12.2. The van der Waals surface area contributed by atoms with Crippen LogP contribution in [0.2, 0.25) is 0 Å². The number of ether oxygens (including phenoxy) is 1. The number of carbonyl (C=O) groups is 3. The van der Waals surface area contributed by atoms with Gasteiger partial charge in [0, 0.05) is 5.92 Å². The van der Waals surface area contributed by atoms with Crippen LogP contribution in [-0.2, 0) is 14.3 Å². The minimum Gasteiger partial charge on any atom is -0.477 e. The molecule has 0 bridgehead atoms. The van der Waals surface area contributed by atoms with Crippen molar-refractivity contribution >= 4 is 18.0 Å². The molecule has 0 spiro atoms. The Morgan fingerprint density at radius 2 is 1.52 bits per heavy atom. The Morgan fingerprint density at radius 3 is 2.07 bits per heavy atom. The van der Waals surface area contributed by atoms with Crippen LogP contribution in [0.25, 0.3) is 11.1 Å². The number of carbonyl (C=O) groups excluding carboxylic acids is 2. The van der Waals surface area contributed by atoms with E-state index < -0.39 is 37.0 Å². The molecule has 152 valence electrons. The Hall–Kier alpha value is -3.49. The van der Waals surface area contributed by atoms with Crippen LogP contribution in [0.4, 0.5) is 13.6 Å². The van der Waals surface area contributed by atoms with Gasteiger partial charge in [0.25, 0.3) is 0 Å². The summed E-state index contributed by atoms with van der Waals surface area (Å²) in [5.41, 5.74) is 4.18. The highest BCUT2D eigenvalue weighted by atomic mass is 19.3. The Balaban J connectivity index is 1.51. The predicted molar refractivity (Wildman–Crippen MR) is 98.7 cm³/mol. The number of aliphatic carboxylic acids is 1. The normalized spacial score (nSPS) is 12.6. The number of carboxylic acid groups (broad SMARTS) is 1. The molecule has 29 heavy (non-hydrogen) atoms. The maximum atomic E-state index is 12.9. The van der Waals surface area contributed by atoms with Crippen molar-refractivity contribution in [2.45, 2.75) is 11.8 Å². The van der Waals surface area contributed by atoms with Crippen molar-refractivity contribution in [3.8, 4) is 11.1 Å². The van der Waals surface area contributed by atoms with Gasteiger partial charge in [-0.2, -0.15) is 8.78 Å². The lowest BCUT2D eigenvalue weighted by Gasteiger charge is -2.15. The SMILES string of the molecule is O=C(CNC(=O)OCC1c2ccccc2-c2ccccc21)NCC(F)(F)C(=O)O. The van der Waals surface area contributed by atoms with Crippen LogP contribution >= 0.6 is 0 Å². The summed E-state index contributed by atoms with van der Waals surface area (Å²) >= 11 is 0. The van der Waals surface area contributed by atoms with E-state index in [1.54, 1.807) is 5.32 Å². The third-order valence-corrected chi connectivity index (χ3v) is 4.56. The van der Waals surface area contributed by atoms with Crippen LogP contribution in [0.5, 0.6) is 0 Å². The molecule has 0 saturated heterocycles. The lowest BCUT2D eigenvalue weighted by Crippen LogP contribution is -2.45. The van der Waals surface area contributed by atoms with Crippen LogP contribution in [0.15, 0.2) is 48.5 Å². The summed E-state index contributed by atoms with van der Waals surface area (Å²) in [6, 6.07) is 15.5. The van der Waals surface area contributed by atoms with Crippen molar-refractivity contribution in [1.29, 1.82) is 0 Å². The maximum absolute atomic E-state index is 12.9. The van der Waals surface area contributed by atoms with E-state index in [4.69, 9.17) is 9.84 Å². The van der Waals surface area contributed by atoms with Crippen molar-refractivity contribution in [2.75, 3.05) is 19.7 Å². The summed E-state index contributed by atoms with van der Waals surface area (Å²) in [5.74, 6) is -7.54. The molecule has 2 aromatic rings. The van der Waals surface area contributed by atoms with Gasteiger partial charge in [-0.1, -0.05) is 48.5 Å². The third-order valence-electron chi connectivity index (χ3n) is 4.56. The standard InChI is InChI=1S/C20H18F2N2O5/c21-20(22,18(26)27)11-24-17(25)9-23-19(28)29-10-16-14-7-3-1-5-12(14)13-6-2-4-8-15(13)16/h1-8,16H,9-11H2,(H,23,28)(H,24,25)(H,26,27). The van der Waals surface area contributed by atoms with Crippen molar-refractivity contribution in [3.63, 3.8) is 0 Å². The molecular formula is C20H18F2N2O5. The molecule has 3 N–H and O–H groups in total. The van der Waals surface area contributed by atoms with E-state index in [0.29, 0.717) is 0 Å². The summed E-state index contributed by atoms with van der Waals surface area (Å²) in [7, 11) is 0. The Morgan fingerprint density at radius 1 is 0.966 bits per heavy atom. The van der Waals surface area contributed by atoms with E-state index in [-0.39, 0.29) is 12.5 Å². The van der Waals surface area contributed by atoms with Gasteiger partial charge in [0.15, 0.2) is 0 Å². The molecule has 0 aliphatic heterocycles. The number of benzene rings is 2. The summed E-state index contributed by atoms with van der Waals surface area (Å²) in [6.07, 6.45) is -0.882. The van der Waals surface area contributed by atoms with Crippen molar-refractivity contribution in [3.05, 3.63) is 59.7 Å². The number of amides is 2. The number of hydrogen-bond donors (Lipinski definition) is 3. The van der Waals surface area contributed by atoms with Crippen molar-refractivity contribution in [2.24, 2.45) is 0 Å². The van der Waals surface area contributed by atoms with Crippen LogP contribution in [-0.4, -0.2) is 48.7 Å². The first-order chi connectivity index (χ1) is 13.8. The van der Waals surface area contributed by atoms with E-state index in [0.717, 1.165) is 22.3 Å². The van der Waals surface area contributed by atoms with E-state index >= 15 is 0 Å². The number of alkyl carbamates (subject to hydrolysis) is 1. The molecule has 2 amide bonds. The van der Waals surface area contributed by atoms with Gasteiger partial charge < -0.3 is 20.5 Å². The average Bonchev–Trinajstić information content (AvgIpc) is 3.03. The highest BCUT2D eigenvalue weighted by Crippen LogP contribution is 2.44. The zero-order valence-electron chi connectivity index (χ0n) is 15.2. The van der Waals surface area contributed by atoms with Crippen LogP contribution in [0, 0.1) is 0 Å². The van der Waals surface area contributed by atoms with Gasteiger partial charge in [-0.25, -0.2) is 9.59 Å². The highest BCUT2D eigenvalue weighted by Gasteiger charge is 2.39. The molecule has 2 aromatic carbocycles. The molecule has 0 fully saturated rings. The number of hydrogen-bond acceptors (Lipinski definition) is 4. The summed E-state index contributed by atoms with van der Waals surface area (Å²) < 4.78 is 31.0. The number of rotatable bonds is 7. The van der Waals surface area contributed by atoms with Gasteiger partial charge in [0.1, 0.15) is 6.61 Å². The molecule has 0 atom stereocenters. The largest absolute Gasteiger partial charge is 0.477 e. The maximum Gasteiger partial charge on any atom is 0.407 e. The number of nitrogens with one attached hydrogen (secondary N) is 2. The molecule has 9 heteroatoms. The fourth-order valence-corrected chi connectivity index (χ4v) is 3.15. The Labute approximate surface area is 164 Å².